The molecule has 0 aromatic carbocycles. The molecule has 0 atom stereocenters. The van der Waals surface area contributed by atoms with Crippen LogP contribution in [-0.2, 0) is 16.6 Å². The summed E-state index contributed by atoms with van der Waals surface area (Å²) in [5.74, 6) is 2.76. The van der Waals surface area contributed by atoms with Gasteiger partial charge in [-0.25, -0.2) is 13.1 Å². The molecule has 1 aliphatic heterocycles. The largest absolute Gasteiger partial charge is 0.326 e. The van der Waals surface area contributed by atoms with Crippen LogP contribution in [0.15, 0.2) is 15.7 Å². The quantitative estimate of drug-likeness (QED) is 0.867. The van der Waals surface area contributed by atoms with Gasteiger partial charge in [0.1, 0.15) is 4.21 Å². The van der Waals surface area contributed by atoms with Crippen LogP contribution in [0.5, 0.6) is 0 Å². The van der Waals surface area contributed by atoms with Crippen molar-refractivity contribution < 1.29 is 8.42 Å². The van der Waals surface area contributed by atoms with E-state index in [1.54, 1.807) is 11.4 Å². The van der Waals surface area contributed by atoms with E-state index in [9.17, 15) is 8.42 Å². The molecule has 0 saturated carbocycles. The standard InChI is InChI=1S/C11H18N2O2S3/c12-6-10-5-11(17-8-10)18(14,15)13-7-9-1-3-16-4-2-9/h5,8-9,13H,1-4,6-7,12H2. The third-order valence-electron chi connectivity index (χ3n) is 3.03. The number of rotatable bonds is 5. The lowest BCUT2D eigenvalue weighted by Gasteiger charge is -2.21. The highest BCUT2D eigenvalue weighted by molar-refractivity contribution is 7.99. The van der Waals surface area contributed by atoms with Crippen LogP contribution in [0.3, 0.4) is 0 Å². The smallest absolute Gasteiger partial charge is 0.250 e. The Morgan fingerprint density at radius 2 is 2.11 bits per heavy atom. The van der Waals surface area contributed by atoms with Gasteiger partial charge in [-0.2, -0.15) is 11.8 Å². The first kappa shape index (κ1) is 14.3. The maximum Gasteiger partial charge on any atom is 0.250 e. The van der Waals surface area contributed by atoms with Crippen molar-refractivity contribution >= 4 is 33.1 Å². The summed E-state index contributed by atoms with van der Waals surface area (Å²) >= 11 is 3.18. The van der Waals surface area contributed by atoms with Crippen LogP contribution in [0.2, 0.25) is 0 Å². The summed E-state index contributed by atoms with van der Waals surface area (Å²) in [6.07, 6.45) is 2.21. The number of hydrogen-bond donors (Lipinski definition) is 2. The molecule has 3 N–H and O–H groups in total. The zero-order valence-electron chi connectivity index (χ0n) is 10.1. The summed E-state index contributed by atoms with van der Waals surface area (Å²) in [7, 11) is -3.34. The number of thioether (sulfide) groups is 1. The molecule has 1 fully saturated rings. The molecule has 1 aromatic heterocycles. The Balaban J connectivity index is 1.94. The zero-order valence-corrected chi connectivity index (χ0v) is 12.5. The molecule has 0 unspecified atom stereocenters. The highest BCUT2D eigenvalue weighted by Crippen LogP contribution is 2.23. The summed E-state index contributed by atoms with van der Waals surface area (Å²) in [6.45, 7) is 0.935. The predicted molar refractivity (Wildman–Crippen MR) is 77.4 cm³/mol. The van der Waals surface area contributed by atoms with Gasteiger partial charge in [-0.15, -0.1) is 11.3 Å². The highest BCUT2D eigenvalue weighted by atomic mass is 32.2. The third-order valence-corrected chi connectivity index (χ3v) is 6.99. The fraction of sp³-hybridized carbons (Fsp3) is 0.636. The van der Waals surface area contributed by atoms with E-state index in [4.69, 9.17) is 5.73 Å². The zero-order chi connectivity index (χ0) is 13.0. The SMILES string of the molecule is NCc1csc(S(=O)(=O)NCC2CCSCC2)c1. The van der Waals surface area contributed by atoms with Crippen LogP contribution < -0.4 is 10.5 Å². The van der Waals surface area contributed by atoms with Gasteiger partial charge in [0.05, 0.1) is 0 Å². The van der Waals surface area contributed by atoms with Gasteiger partial charge in [0, 0.05) is 13.1 Å². The van der Waals surface area contributed by atoms with E-state index < -0.39 is 10.0 Å². The van der Waals surface area contributed by atoms with E-state index in [2.05, 4.69) is 4.72 Å². The van der Waals surface area contributed by atoms with Gasteiger partial charge >= 0.3 is 0 Å². The molecule has 0 spiro atoms. The van der Waals surface area contributed by atoms with Crippen molar-refractivity contribution in [3.05, 3.63) is 17.0 Å². The Morgan fingerprint density at radius 3 is 2.72 bits per heavy atom. The number of nitrogens with one attached hydrogen (secondary N) is 1. The molecule has 2 rings (SSSR count). The van der Waals surface area contributed by atoms with Crippen LogP contribution in [0.1, 0.15) is 18.4 Å². The molecule has 2 heterocycles. The van der Waals surface area contributed by atoms with E-state index in [1.807, 2.05) is 11.8 Å². The monoisotopic (exact) mass is 306 g/mol. The van der Waals surface area contributed by atoms with Crippen molar-refractivity contribution in [1.82, 2.24) is 4.72 Å². The van der Waals surface area contributed by atoms with Crippen molar-refractivity contribution in [3.8, 4) is 0 Å². The molecule has 0 bridgehead atoms. The van der Waals surface area contributed by atoms with Gasteiger partial charge in [-0.3, -0.25) is 0 Å². The molecule has 0 radical (unpaired) electrons. The first-order chi connectivity index (χ1) is 8.62. The minimum absolute atomic E-state index is 0.369. The molecular formula is C11H18N2O2S3. The van der Waals surface area contributed by atoms with Gasteiger partial charge in [0.2, 0.25) is 10.0 Å². The van der Waals surface area contributed by atoms with Gasteiger partial charge in [0.25, 0.3) is 0 Å². The average molecular weight is 306 g/mol. The van der Waals surface area contributed by atoms with Crippen LogP contribution in [0.4, 0.5) is 0 Å². The van der Waals surface area contributed by atoms with Crippen LogP contribution >= 0.6 is 23.1 Å². The predicted octanol–water partition coefficient (Wildman–Crippen LogP) is 1.63. The lowest BCUT2D eigenvalue weighted by atomic mass is 10.0. The average Bonchev–Trinajstić information content (AvgIpc) is 2.87. The number of thiophene rings is 1. The van der Waals surface area contributed by atoms with Crippen molar-refractivity contribution in [3.63, 3.8) is 0 Å². The number of sulfonamides is 1. The maximum atomic E-state index is 12.1. The molecule has 102 valence electrons. The van der Waals surface area contributed by atoms with E-state index in [-0.39, 0.29) is 0 Å². The third kappa shape index (κ3) is 3.71. The fourth-order valence-electron chi connectivity index (χ4n) is 1.85. The van der Waals surface area contributed by atoms with E-state index in [0.29, 0.717) is 23.2 Å². The Hall–Kier alpha value is -0.0800. The van der Waals surface area contributed by atoms with Gasteiger partial charge in [0.15, 0.2) is 0 Å². The Morgan fingerprint density at radius 1 is 1.39 bits per heavy atom. The van der Waals surface area contributed by atoms with Crippen LogP contribution in [0, 0.1) is 5.92 Å². The Bertz CT molecular complexity index is 478. The molecule has 7 heteroatoms. The van der Waals surface area contributed by atoms with Gasteiger partial charge in [-0.1, -0.05) is 0 Å². The van der Waals surface area contributed by atoms with Gasteiger partial charge < -0.3 is 5.73 Å². The molecule has 1 saturated heterocycles. The molecule has 4 nitrogen and oxygen atoms in total. The molecular weight excluding hydrogens is 288 g/mol. The first-order valence-electron chi connectivity index (χ1n) is 5.96. The minimum Gasteiger partial charge on any atom is -0.326 e. The lowest BCUT2D eigenvalue weighted by molar-refractivity contribution is 0.477. The van der Waals surface area contributed by atoms with Crippen LogP contribution in [0.25, 0.3) is 0 Å². The van der Waals surface area contributed by atoms with Crippen molar-refractivity contribution in [2.24, 2.45) is 11.7 Å². The summed E-state index contributed by atoms with van der Waals surface area (Å²) in [5, 5.41) is 1.80. The molecule has 1 aromatic rings. The first-order valence-corrected chi connectivity index (χ1v) is 9.48. The number of nitrogens with two attached hydrogens (primary N) is 1. The van der Waals surface area contributed by atoms with Crippen molar-refractivity contribution in [1.29, 1.82) is 0 Å². The molecule has 1 aliphatic rings. The van der Waals surface area contributed by atoms with Crippen LogP contribution in [-0.4, -0.2) is 26.5 Å². The van der Waals surface area contributed by atoms with E-state index in [0.717, 1.165) is 29.9 Å². The van der Waals surface area contributed by atoms with Gasteiger partial charge in [-0.05, 0) is 47.3 Å². The molecule has 0 aliphatic carbocycles. The maximum absolute atomic E-state index is 12.1. The summed E-state index contributed by atoms with van der Waals surface area (Å²) < 4.78 is 27.2. The highest BCUT2D eigenvalue weighted by Gasteiger charge is 2.20. The fourth-order valence-corrected chi connectivity index (χ4v) is 5.44. The van der Waals surface area contributed by atoms with Crippen molar-refractivity contribution in [2.75, 3.05) is 18.1 Å². The topological polar surface area (TPSA) is 72.2 Å². The molecule has 0 amide bonds. The Kier molecular flexibility index (Phi) is 5.08. The lowest BCUT2D eigenvalue weighted by Crippen LogP contribution is -2.30. The summed E-state index contributed by atoms with van der Waals surface area (Å²) in [5.41, 5.74) is 6.36. The second kappa shape index (κ2) is 6.38. The normalized spacial score (nSPS) is 18.1. The molecule has 18 heavy (non-hydrogen) atoms. The van der Waals surface area contributed by atoms with E-state index in [1.165, 1.54) is 11.3 Å². The second-order valence-corrected chi connectivity index (χ2v) is 8.52. The van der Waals surface area contributed by atoms with Crippen molar-refractivity contribution in [2.45, 2.75) is 23.6 Å². The summed E-state index contributed by atoms with van der Waals surface area (Å²) in [6, 6.07) is 1.66. The Labute approximate surface area is 116 Å². The van der Waals surface area contributed by atoms with E-state index >= 15 is 0 Å². The number of hydrogen-bond acceptors (Lipinski definition) is 5. The summed E-state index contributed by atoms with van der Waals surface area (Å²) in [4.78, 5) is 0. The minimum atomic E-state index is -3.34. The second-order valence-electron chi connectivity index (χ2n) is 4.39.